The summed E-state index contributed by atoms with van der Waals surface area (Å²) in [5.74, 6) is 1.75. The van der Waals surface area contributed by atoms with E-state index in [0.29, 0.717) is 12.1 Å². The predicted molar refractivity (Wildman–Crippen MR) is 70.3 cm³/mol. The smallest absolute Gasteiger partial charge is 0.188 e. The van der Waals surface area contributed by atoms with Crippen molar-refractivity contribution in [3.05, 3.63) is 29.8 Å². The van der Waals surface area contributed by atoms with Gasteiger partial charge in [-0.25, -0.2) is 4.99 Å². The minimum Gasteiger partial charge on any atom is -0.497 e. The van der Waals surface area contributed by atoms with Crippen LogP contribution in [0, 0.1) is 0 Å². The van der Waals surface area contributed by atoms with E-state index >= 15 is 0 Å². The van der Waals surface area contributed by atoms with Crippen molar-refractivity contribution in [2.45, 2.75) is 25.0 Å². The van der Waals surface area contributed by atoms with E-state index in [4.69, 9.17) is 9.47 Å². The molecule has 1 fully saturated rings. The van der Waals surface area contributed by atoms with E-state index < -0.39 is 0 Å². The molecule has 2 atom stereocenters. The Morgan fingerprint density at radius 3 is 2.94 bits per heavy atom. The number of piperidine rings is 1. The van der Waals surface area contributed by atoms with Crippen molar-refractivity contribution in [2.24, 2.45) is 4.99 Å². The zero-order valence-electron chi connectivity index (χ0n) is 10.6. The number of methoxy groups -OCH3 is 1. The normalized spacial score (nSPS) is 26.2. The van der Waals surface area contributed by atoms with Crippen LogP contribution in [0.4, 0.5) is 0 Å². The molecule has 96 valence electrons. The molecule has 0 amide bonds. The summed E-state index contributed by atoms with van der Waals surface area (Å²) in [6, 6.07) is 8.38. The third kappa shape index (κ3) is 2.34. The molecule has 4 heteroatoms. The highest BCUT2D eigenvalue weighted by molar-refractivity contribution is 5.80. The molecule has 3 rings (SSSR count). The highest BCUT2D eigenvalue weighted by Crippen LogP contribution is 2.21. The number of fused-ring (bicyclic) bond motifs is 1. The van der Waals surface area contributed by atoms with Crippen LogP contribution in [-0.4, -0.2) is 38.2 Å². The van der Waals surface area contributed by atoms with Gasteiger partial charge in [-0.15, -0.1) is 0 Å². The first-order valence-corrected chi connectivity index (χ1v) is 6.42. The Balaban J connectivity index is 1.65. The van der Waals surface area contributed by atoms with E-state index in [1.165, 1.54) is 5.56 Å². The molecule has 4 nitrogen and oxygen atoms in total. The van der Waals surface area contributed by atoms with Gasteiger partial charge in [0.1, 0.15) is 17.9 Å². The lowest BCUT2D eigenvalue weighted by molar-refractivity contribution is 0.158. The first-order valence-electron chi connectivity index (χ1n) is 6.42. The fourth-order valence-corrected chi connectivity index (χ4v) is 2.48. The average Bonchev–Trinajstić information content (AvgIpc) is 2.82. The van der Waals surface area contributed by atoms with Crippen LogP contribution >= 0.6 is 0 Å². The van der Waals surface area contributed by atoms with Gasteiger partial charge < -0.3 is 14.8 Å². The van der Waals surface area contributed by atoms with E-state index in [-0.39, 0.29) is 0 Å². The van der Waals surface area contributed by atoms with Gasteiger partial charge in [0.15, 0.2) is 5.90 Å². The molecule has 0 radical (unpaired) electrons. The highest BCUT2D eigenvalue weighted by Gasteiger charge is 2.32. The van der Waals surface area contributed by atoms with Crippen LogP contribution in [0.25, 0.3) is 0 Å². The van der Waals surface area contributed by atoms with Crippen molar-refractivity contribution >= 4 is 5.90 Å². The summed E-state index contributed by atoms with van der Waals surface area (Å²) in [7, 11) is 1.68. The molecule has 1 aromatic carbocycles. The fourth-order valence-electron chi connectivity index (χ4n) is 2.48. The number of benzene rings is 1. The molecule has 2 aliphatic heterocycles. The molecule has 1 aromatic rings. The summed E-state index contributed by atoms with van der Waals surface area (Å²) in [6.07, 6.45) is 2.12. The molecule has 18 heavy (non-hydrogen) atoms. The van der Waals surface area contributed by atoms with Gasteiger partial charge in [0.05, 0.1) is 7.11 Å². The molecule has 2 unspecified atom stereocenters. The summed E-state index contributed by atoms with van der Waals surface area (Å²) in [5.41, 5.74) is 1.21. The molecular weight excluding hydrogens is 228 g/mol. The molecule has 0 spiro atoms. The third-order valence-corrected chi connectivity index (χ3v) is 3.50. The van der Waals surface area contributed by atoms with Gasteiger partial charge in [-0.3, -0.25) is 0 Å². The van der Waals surface area contributed by atoms with Crippen LogP contribution in [0.5, 0.6) is 5.75 Å². The van der Waals surface area contributed by atoms with Crippen LogP contribution in [0.2, 0.25) is 0 Å². The zero-order valence-corrected chi connectivity index (χ0v) is 10.6. The van der Waals surface area contributed by atoms with Gasteiger partial charge in [-0.2, -0.15) is 0 Å². The zero-order chi connectivity index (χ0) is 12.4. The van der Waals surface area contributed by atoms with Crippen LogP contribution in [-0.2, 0) is 11.2 Å². The van der Waals surface area contributed by atoms with Gasteiger partial charge in [-0.1, -0.05) is 12.1 Å². The molecule has 1 N–H and O–H groups in total. The van der Waals surface area contributed by atoms with Crippen LogP contribution < -0.4 is 10.1 Å². The maximum absolute atomic E-state index is 5.90. The number of aliphatic imine (C=N–C) groups is 1. The standard InChI is InChI=1S/C14H18N2O2/c1-17-11-4-2-10(3-5-11)8-14-16-12-9-15-7-6-13(12)18-14/h2-5,12-13,15H,6-9H2,1H3. The largest absolute Gasteiger partial charge is 0.497 e. The summed E-state index contributed by atoms with van der Waals surface area (Å²) in [4.78, 5) is 4.65. The minimum atomic E-state index is 0.291. The second-order valence-electron chi connectivity index (χ2n) is 4.76. The first kappa shape index (κ1) is 11.5. The molecular formula is C14H18N2O2. The lowest BCUT2D eigenvalue weighted by atomic mass is 10.1. The number of nitrogens with one attached hydrogen (secondary N) is 1. The summed E-state index contributed by atoms with van der Waals surface area (Å²) < 4.78 is 11.1. The van der Waals surface area contributed by atoms with Gasteiger partial charge in [0.2, 0.25) is 0 Å². The topological polar surface area (TPSA) is 42.8 Å². The van der Waals surface area contributed by atoms with E-state index in [9.17, 15) is 0 Å². The van der Waals surface area contributed by atoms with Crippen molar-refractivity contribution in [3.8, 4) is 5.75 Å². The van der Waals surface area contributed by atoms with Crippen molar-refractivity contribution < 1.29 is 9.47 Å². The lowest BCUT2D eigenvalue weighted by Crippen LogP contribution is -2.41. The maximum Gasteiger partial charge on any atom is 0.188 e. The van der Waals surface area contributed by atoms with Crippen LogP contribution in [0.3, 0.4) is 0 Å². The molecule has 2 aliphatic rings. The van der Waals surface area contributed by atoms with Crippen molar-refractivity contribution in [1.29, 1.82) is 0 Å². The van der Waals surface area contributed by atoms with Gasteiger partial charge in [0, 0.05) is 13.0 Å². The molecule has 0 aliphatic carbocycles. The van der Waals surface area contributed by atoms with Gasteiger partial charge in [0.25, 0.3) is 0 Å². The average molecular weight is 246 g/mol. The third-order valence-electron chi connectivity index (χ3n) is 3.50. The Bertz CT molecular complexity index is 442. The number of hydrogen-bond acceptors (Lipinski definition) is 4. The Morgan fingerprint density at radius 2 is 2.22 bits per heavy atom. The molecule has 1 saturated heterocycles. The first-order chi connectivity index (χ1) is 8.85. The quantitative estimate of drug-likeness (QED) is 0.876. The van der Waals surface area contributed by atoms with E-state index in [0.717, 1.165) is 37.6 Å². The summed E-state index contributed by atoms with van der Waals surface area (Å²) in [5, 5.41) is 3.35. The van der Waals surface area contributed by atoms with Crippen molar-refractivity contribution in [1.82, 2.24) is 5.32 Å². The highest BCUT2D eigenvalue weighted by atomic mass is 16.5. The number of nitrogens with zero attached hydrogens (tertiary/aromatic N) is 1. The SMILES string of the molecule is COc1ccc(CC2=NC3CNCCC3O2)cc1. The second-order valence-corrected chi connectivity index (χ2v) is 4.76. The maximum atomic E-state index is 5.90. The number of rotatable bonds is 3. The Kier molecular flexibility index (Phi) is 3.19. The number of hydrogen-bond donors (Lipinski definition) is 1. The molecule has 0 aromatic heterocycles. The molecule has 0 saturated carbocycles. The lowest BCUT2D eigenvalue weighted by Gasteiger charge is -2.23. The van der Waals surface area contributed by atoms with E-state index in [1.54, 1.807) is 7.11 Å². The molecule has 0 bridgehead atoms. The van der Waals surface area contributed by atoms with E-state index in [1.807, 2.05) is 12.1 Å². The minimum absolute atomic E-state index is 0.291. The Labute approximate surface area is 107 Å². The number of ether oxygens (including phenoxy) is 2. The Morgan fingerprint density at radius 1 is 1.39 bits per heavy atom. The van der Waals surface area contributed by atoms with Crippen molar-refractivity contribution in [3.63, 3.8) is 0 Å². The van der Waals surface area contributed by atoms with Crippen molar-refractivity contribution in [2.75, 3.05) is 20.2 Å². The van der Waals surface area contributed by atoms with Gasteiger partial charge in [-0.05, 0) is 30.7 Å². The molecule has 2 heterocycles. The summed E-state index contributed by atoms with van der Waals surface area (Å²) in [6.45, 7) is 1.98. The van der Waals surface area contributed by atoms with Crippen LogP contribution in [0.15, 0.2) is 29.3 Å². The summed E-state index contributed by atoms with van der Waals surface area (Å²) >= 11 is 0. The fraction of sp³-hybridized carbons (Fsp3) is 0.500. The van der Waals surface area contributed by atoms with Crippen LogP contribution in [0.1, 0.15) is 12.0 Å². The predicted octanol–water partition coefficient (Wildman–Crippen LogP) is 1.40. The van der Waals surface area contributed by atoms with E-state index in [2.05, 4.69) is 22.4 Å². The van der Waals surface area contributed by atoms with Gasteiger partial charge >= 0.3 is 0 Å². The second kappa shape index (κ2) is 4.98. The Hall–Kier alpha value is -1.55. The monoisotopic (exact) mass is 246 g/mol.